The van der Waals surface area contributed by atoms with Crippen LogP contribution in [0.4, 0.5) is 4.39 Å². The quantitative estimate of drug-likeness (QED) is 0.616. The smallest absolute Gasteiger partial charge is 0.306 e. The Labute approximate surface area is 124 Å². The number of benzene rings is 1. The molecular formula is C15H22FNO4. The molecule has 0 fully saturated rings. The molecule has 0 spiro atoms. The van der Waals surface area contributed by atoms with Crippen molar-refractivity contribution in [1.82, 2.24) is 4.90 Å². The van der Waals surface area contributed by atoms with Crippen LogP contribution in [-0.4, -0.2) is 57.9 Å². The molecule has 0 aliphatic heterocycles. The molecule has 1 aromatic rings. The van der Waals surface area contributed by atoms with Gasteiger partial charge in [-0.1, -0.05) is 0 Å². The van der Waals surface area contributed by atoms with Gasteiger partial charge in [-0.15, -0.1) is 0 Å². The van der Waals surface area contributed by atoms with E-state index in [1.54, 1.807) is 19.2 Å². The minimum atomic E-state index is -0.290. The Balaban J connectivity index is 2.33. The Kier molecular flexibility index (Phi) is 8.38. The minimum Gasteiger partial charge on any atom is -0.492 e. The summed E-state index contributed by atoms with van der Waals surface area (Å²) in [6.45, 7) is 2.98. The molecule has 0 aliphatic rings. The van der Waals surface area contributed by atoms with Crippen molar-refractivity contribution < 1.29 is 23.4 Å². The van der Waals surface area contributed by atoms with Crippen molar-refractivity contribution in [3.8, 4) is 5.75 Å². The maximum absolute atomic E-state index is 12.8. The first-order valence-corrected chi connectivity index (χ1v) is 6.82. The van der Waals surface area contributed by atoms with E-state index in [4.69, 9.17) is 9.47 Å². The summed E-state index contributed by atoms with van der Waals surface area (Å²) in [5.74, 6) is 0.0927. The molecule has 0 radical (unpaired) electrons. The Morgan fingerprint density at radius 2 is 1.76 bits per heavy atom. The number of rotatable bonds is 10. The lowest BCUT2D eigenvalue weighted by Gasteiger charge is -2.21. The van der Waals surface area contributed by atoms with Gasteiger partial charge in [0.05, 0.1) is 20.1 Å². The number of carbonyl (C=O) groups is 1. The van der Waals surface area contributed by atoms with Crippen molar-refractivity contribution in [2.24, 2.45) is 0 Å². The topological polar surface area (TPSA) is 48.0 Å². The molecule has 1 rings (SSSR count). The predicted octanol–water partition coefficient (Wildman–Crippen LogP) is 1.72. The summed E-state index contributed by atoms with van der Waals surface area (Å²) in [4.78, 5) is 13.2. The lowest BCUT2D eigenvalue weighted by atomic mass is 10.3. The van der Waals surface area contributed by atoms with Crippen LogP contribution in [0.15, 0.2) is 24.3 Å². The van der Waals surface area contributed by atoms with E-state index in [9.17, 15) is 9.18 Å². The highest BCUT2D eigenvalue weighted by molar-refractivity contribution is 5.69. The number of carbonyl (C=O) groups excluding carboxylic acids is 1. The van der Waals surface area contributed by atoms with Crippen LogP contribution < -0.4 is 4.74 Å². The number of nitrogens with zero attached hydrogens (tertiary/aromatic N) is 1. The second-order valence-corrected chi connectivity index (χ2v) is 4.46. The fourth-order valence-corrected chi connectivity index (χ4v) is 1.73. The zero-order chi connectivity index (χ0) is 15.5. The van der Waals surface area contributed by atoms with E-state index in [2.05, 4.69) is 9.64 Å². The van der Waals surface area contributed by atoms with Crippen LogP contribution in [0.2, 0.25) is 0 Å². The summed E-state index contributed by atoms with van der Waals surface area (Å²) in [6, 6.07) is 5.89. The van der Waals surface area contributed by atoms with Crippen molar-refractivity contribution >= 4 is 5.97 Å². The van der Waals surface area contributed by atoms with Crippen LogP contribution in [0.5, 0.6) is 5.75 Å². The number of hydrogen-bond acceptors (Lipinski definition) is 5. The SMILES string of the molecule is COCCN(CCOc1ccc(F)cc1)CCC(=O)OC. The summed E-state index contributed by atoms with van der Waals surface area (Å²) in [7, 11) is 3.01. The number of hydrogen-bond donors (Lipinski definition) is 0. The van der Waals surface area contributed by atoms with Gasteiger partial charge in [-0.3, -0.25) is 9.69 Å². The van der Waals surface area contributed by atoms with Crippen LogP contribution in [0.25, 0.3) is 0 Å². The molecule has 0 saturated heterocycles. The predicted molar refractivity (Wildman–Crippen MR) is 76.8 cm³/mol. The first kappa shape index (κ1) is 17.4. The average Bonchev–Trinajstić information content (AvgIpc) is 2.50. The van der Waals surface area contributed by atoms with Gasteiger partial charge >= 0.3 is 5.97 Å². The first-order valence-electron chi connectivity index (χ1n) is 6.82. The third-order valence-corrected chi connectivity index (χ3v) is 2.96. The summed E-state index contributed by atoms with van der Waals surface area (Å²) in [5, 5.41) is 0. The van der Waals surface area contributed by atoms with E-state index < -0.39 is 0 Å². The number of halogens is 1. The van der Waals surface area contributed by atoms with Crippen molar-refractivity contribution in [2.75, 3.05) is 47.1 Å². The van der Waals surface area contributed by atoms with Crippen molar-refractivity contribution in [2.45, 2.75) is 6.42 Å². The summed E-state index contributed by atoms with van der Waals surface area (Å²) >= 11 is 0. The maximum Gasteiger partial charge on any atom is 0.306 e. The molecule has 1 aromatic carbocycles. The molecule has 118 valence electrons. The average molecular weight is 299 g/mol. The van der Waals surface area contributed by atoms with Gasteiger partial charge in [0.15, 0.2) is 0 Å². The molecule has 0 amide bonds. The second kappa shape index (κ2) is 10.1. The van der Waals surface area contributed by atoms with Gasteiger partial charge in [0.1, 0.15) is 18.2 Å². The fourth-order valence-electron chi connectivity index (χ4n) is 1.73. The molecule has 0 atom stereocenters. The van der Waals surface area contributed by atoms with E-state index in [-0.39, 0.29) is 11.8 Å². The van der Waals surface area contributed by atoms with Gasteiger partial charge in [0.25, 0.3) is 0 Å². The Morgan fingerprint density at radius 1 is 1.10 bits per heavy atom. The molecular weight excluding hydrogens is 277 g/mol. The van der Waals surface area contributed by atoms with Crippen LogP contribution in [-0.2, 0) is 14.3 Å². The normalized spacial score (nSPS) is 10.7. The zero-order valence-electron chi connectivity index (χ0n) is 12.5. The van der Waals surface area contributed by atoms with Crippen molar-refractivity contribution in [3.63, 3.8) is 0 Å². The number of methoxy groups -OCH3 is 2. The number of esters is 1. The molecule has 0 saturated carbocycles. The summed E-state index contributed by atoms with van der Waals surface area (Å²) < 4.78 is 28.0. The molecule has 21 heavy (non-hydrogen) atoms. The molecule has 0 unspecified atom stereocenters. The second-order valence-electron chi connectivity index (χ2n) is 4.46. The minimum absolute atomic E-state index is 0.239. The molecule has 0 heterocycles. The number of ether oxygens (including phenoxy) is 3. The molecule has 0 aliphatic carbocycles. The van der Waals surface area contributed by atoms with Gasteiger partial charge in [0, 0.05) is 26.7 Å². The van der Waals surface area contributed by atoms with Gasteiger partial charge in [-0.05, 0) is 24.3 Å². The lowest BCUT2D eigenvalue weighted by Crippen LogP contribution is -2.33. The van der Waals surface area contributed by atoms with Gasteiger partial charge in [-0.25, -0.2) is 4.39 Å². The molecule has 6 heteroatoms. The van der Waals surface area contributed by atoms with Crippen LogP contribution in [0.3, 0.4) is 0 Å². The van der Waals surface area contributed by atoms with E-state index in [0.717, 1.165) is 0 Å². The maximum atomic E-state index is 12.8. The lowest BCUT2D eigenvalue weighted by molar-refractivity contribution is -0.141. The van der Waals surface area contributed by atoms with Crippen LogP contribution >= 0.6 is 0 Å². The van der Waals surface area contributed by atoms with Crippen LogP contribution in [0, 0.1) is 5.82 Å². The molecule has 0 N–H and O–H groups in total. The van der Waals surface area contributed by atoms with Crippen molar-refractivity contribution in [1.29, 1.82) is 0 Å². The van der Waals surface area contributed by atoms with Crippen LogP contribution in [0.1, 0.15) is 6.42 Å². The largest absolute Gasteiger partial charge is 0.492 e. The van der Waals surface area contributed by atoms with E-state index >= 15 is 0 Å². The Hall–Kier alpha value is -1.66. The first-order chi connectivity index (χ1) is 10.2. The zero-order valence-corrected chi connectivity index (χ0v) is 12.5. The summed E-state index contributed by atoms with van der Waals surface area (Å²) in [5.41, 5.74) is 0. The summed E-state index contributed by atoms with van der Waals surface area (Å²) in [6.07, 6.45) is 0.330. The Bertz CT molecular complexity index is 411. The third-order valence-electron chi connectivity index (χ3n) is 2.96. The molecule has 0 aromatic heterocycles. The fraction of sp³-hybridized carbons (Fsp3) is 0.533. The highest BCUT2D eigenvalue weighted by atomic mass is 19.1. The monoisotopic (exact) mass is 299 g/mol. The van der Waals surface area contributed by atoms with E-state index in [1.165, 1.54) is 19.2 Å². The highest BCUT2D eigenvalue weighted by Crippen LogP contribution is 2.10. The van der Waals surface area contributed by atoms with Gasteiger partial charge < -0.3 is 14.2 Å². The van der Waals surface area contributed by atoms with E-state index in [0.29, 0.717) is 45.0 Å². The van der Waals surface area contributed by atoms with Gasteiger partial charge in [-0.2, -0.15) is 0 Å². The van der Waals surface area contributed by atoms with Crippen molar-refractivity contribution in [3.05, 3.63) is 30.1 Å². The standard InChI is InChI=1S/C15H22FNO4/c1-19-11-9-17(8-7-15(18)20-2)10-12-21-14-5-3-13(16)4-6-14/h3-6H,7-12H2,1-2H3. The Morgan fingerprint density at radius 3 is 2.38 bits per heavy atom. The van der Waals surface area contributed by atoms with E-state index in [1.807, 2.05) is 0 Å². The highest BCUT2D eigenvalue weighted by Gasteiger charge is 2.08. The van der Waals surface area contributed by atoms with Gasteiger partial charge in [0.2, 0.25) is 0 Å². The molecule has 0 bridgehead atoms. The third kappa shape index (κ3) is 7.63. The molecule has 5 nitrogen and oxygen atoms in total.